The third kappa shape index (κ3) is 5.49. The summed E-state index contributed by atoms with van der Waals surface area (Å²) in [7, 11) is 2.15. The lowest BCUT2D eigenvalue weighted by Crippen LogP contribution is -2.45. The van der Waals surface area contributed by atoms with Gasteiger partial charge in [0.1, 0.15) is 0 Å². The Balaban J connectivity index is 1.37. The second kappa shape index (κ2) is 9.89. The zero-order valence-electron chi connectivity index (χ0n) is 18.6. The van der Waals surface area contributed by atoms with Gasteiger partial charge in [-0.1, -0.05) is 18.2 Å². The van der Waals surface area contributed by atoms with Crippen molar-refractivity contribution in [2.24, 2.45) is 0 Å². The number of nitrogens with zero attached hydrogens (tertiary/aromatic N) is 3. The van der Waals surface area contributed by atoms with Gasteiger partial charge in [0.2, 0.25) is 0 Å². The van der Waals surface area contributed by atoms with Gasteiger partial charge in [-0.3, -0.25) is 14.6 Å². The van der Waals surface area contributed by atoms with E-state index in [-0.39, 0.29) is 0 Å². The molecule has 7 heteroatoms. The summed E-state index contributed by atoms with van der Waals surface area (Å²) >= 11 is 0. The summed E-state index contributed by atoms with van der Waals surface area (Å²) in [6, 6.07) is 15.3. The fourth-order valence-electron chi connectivity index (χ4n) is 3.97. The molecule has 1 aliphatic heterocycles. The first-order valence-electron chi connectivity index (χ1n) is 11.0. The Bertz CT molecular complexity index is 1120. The Morgan fingerprint density at radius 2 is 1.75 bits per heavy atom. The standard InChI is InChI=1S/C25H29N5O2/c1-18-15-20-6-4-9-26-23(20)22(16-18)28-25(32)24(31)27-21-7-3-5-19(17-21)8-10-30-13-11-29(2)12-14-30/h3-7,9,15-17H,8,10-14H2,1-2H3,(H,27,31)(H,28,32). The van der Waals surface area contributed by atoms with Crippen molar-refractivity contribution in [3.8, 4) is 0 Å². The first kappa shape index (κ1) is 21.9. The average molecular weight is 432 g/mol. The number of pyridine rings is 1. The Labute approximate surface area is 188 Å². The molecule has 1 aromatic heterocycles. The number of fused-ring (bicyclic) bond motifs is 1. The van der Waals surface area contributed by atoms with E-state index in [0.29, 0.717) is 16.9 Å². The second-order valence-corrected chi connectivity index (χ2v) is 8.39. The molecule has 2 aromatic carbocycles. The van der Waals surface area contributed by atoms with E-state index in [9.17, 15) is 9.59 Å². The van der Waals surface area contributed by atoms with Crippen LogP contribution >= 0.6 is 0 Å². The van der Waals surface area contributed by atoms with Crippen molar-refractivity contribution in [1.29, 1.82) is 0 Å². The van der Waals surface area contributed by atoms with Crippen LogP contribution in [-0.2, 0) is 16.0 Å². The van der Waals surface area contributed by atoms with E-state index in [0.717, 1.165) is 55.7 Å². The van der Waals surface area contributed by atoms with Crippen LogP contribution < -0.4 is 10.6 Å². The van der Waals surface area contributed by atoms with Crippen LogP contribution in [0.25, 0.3) is 10.9 Å². The van der Waals surface area contributed by atoms with Gasteiger partial charge in [0.05, 0.1) is 11.2 Å². The summed E-state index contributed by atoms with van der Waals surface area (Å²) in [4.78, 5) is 34.2. The number of rotatable bonds is 5. The number of carbonyl (C=O) groups is 2. The Hall–Kier alpha value is -3.29. The Morgan fingerprint density at radius 1 is 0.969 bits per heavy atom. The topological polar surface area (TPSA) is 77.6 Å². The van der Waals surface area contributed by atoms with E-state index in [4.69, 9.17) is 0 Å². The number of benzene rings is 2. The van der Waals surface area contributed by atoms with Crippen LogP contribution in [0.3, 0.4) is 0 Å². The summed E-state index contributed by atoms with van der Waals surface area (Å²) in [6.07, 6.45) is 2.57. The molecule has 1 saturated heterocycles. The Kier molecular flexibility index (Phi) is 6.78. The first-order chi connectivity index (χ1) is 15.5. The quantitative estimate of drug-likeness (QED) is 0.608. The fraction of sp³-hybridized carbons (Fsp3) is 0.320. The normalized spacial score (nSPS) is 14.9. The lowest BCUT2D eigenvalue weighted by Gasteiger charge is -2.32. The van der Waals surface area contributed by atoms with Crippen LogP contribution in [0.2, 0.25) is 0 Å². The zero-order valence-corrected chi connectivity index (χ0v) is 18.6. The number of hydrogen-bond acceptors (Lipinski definition) is 5. The molecular formula is C25H29N5O2. The first-order valence-corrected chi connectivity index (χ1v) is 11.0. The van der Waals surface area contributed by atoms with Crippen LogP contribution in [0.15, 0.2) is 54.7 Å². The van der Waals surface area contributed by atoms with Gasteiger partial charge < -0.3 is 20.4 Å². The number of hydrogen-bond donors (Lipinski definition) is 2. The lowest BCUT2D eigenvalue weighted by molar-refractivity contribution is -0.132. The van der Waals surface area contributed by atoms with Gasteiger partial charge in [0.25, 0.3) is 0 Å². The molecule has 0 bridgehead atoms. The lowest BCUT2D eigenvalue weighted by atomic mass is 10.1. The largest absolute Gasteiger partial charge is 0.318 e. The molecular weight excluding hydrogens is 402 g/mol. The molecule has 0 radical (unpaired) electrons. The van der Waals surface area contributed by atoms with Crippen LogP contribution in [0.1, 0.15) is 11.1 Å². The highest BCUT2D eigenvalue weighted by molar-refractivity contribution is 6.44. The van der Waals surface area contributed by atoms with Crippen molar-refractivity contribution < 1.29 is 9.59 Å². The molecule has 2 heterocycles. The third-order valence-electron chi connectivity index (χ3n) is 5.80. The minimum atomic E-state index is -0.717. The molecule has 0 atom stereocenters. The summed E-state index contributed by atoms with van der Waals surface area (Å²) in [6.45, 7) is 7.27. The van der Waals surface area contributed by atoms with Gasteiger partial charge in [-0.25, -0.2) is 0 Å². The van der Waals surface area contributed by atoms with Crippen molar-refractivity contribution in [2.45, 2.75) is 13.3 Å². The summed E-state index contributed by atoms with van der Waals surface area (Å²) in [5, 5.41) is 6.34. The minimum absolute atomic E-state index is 0.529. The van der Waals surface area contributed by atoms with Crippen molar-refractivity contribution in [3.63, 3.8) is 0 Å². The molecule has 0 spiro atoms. The average Bonchev–Trinajstić information content (AvgIpc) is 2.79. The zero-order chi connectivity index (χ0) is 22.5. The molecule has 0 aliphatic carbocycles. The molecule has 0 saturated carbocycles. The molecule has 1 aliphatic rings. The van der Waals surface area contributed by atoms with Crippen molar-refractivity contribution in [1.82, 2.24) is 14.8 Å². The van der Waals surface area contributed by atoms with Crippen LogP contribution in [0.4, 0.5) is 11.4 Å². The summed E-state index contributed by atoms with van der Waals surface area (Å²) in [5.41, 5.74) is 3.92. The van der Waals surface area contributed by atoms with Crippen molar-refractivity contribution >= 4 is 34.1 Å². The van der Waals surface area contributed by atoms with Gasteiger partial charge in [0, 0.05) is 50.0 Å². The number of piperazine rings is 1. The monoisotopic (exact) mass is 431 g/mol. The predicted molar refractivity (Wildman–Crippen MR) is 128 cm³/mol. The van der Waals surface area contributed by atoms with Crippen molar-refractivity contribution in [3.05, 3.63) is 65.9 Å². The van der Waals surface area contributed by atoms with E-state index in [1.165, 1.54) is 0 Å². The van der Waals surface area contributed by atoms with Crippen LogP contribution in [0.5, 0.6) is 0 Å². The van der Waals surface area contributed by atoms with Gasteiger partial charge in [0.15, 0.2) is 0 Å². The number of carbonyl (C=O) groups excluding carboxylic acids is 2. The molecule has 166 valence electrons. The number of likely N-dealkylation sites (N-methyl/N-ethyl adjacent to an activating group) is 1. The smallest absolute Gasteiger partial charge is 0.314 e. The molecule has 3 aromatic rings. The van der Waals surface area contributed by atoms with Crippen LogP contribution in [-0.4, -0.2) is 66.4 Å². The number of amides is 2. The maximum absolute atomic E-state index is 12.6. The maximum atomic E-state index is 12.6. The van der Waals surface area contributed by atoms with E-state index in [2.05, 4.69) is 38.5 Å². The van der Waals surface area contributed by atoms with Gasteiger partial charge in [-0.05, 0) is 61.9 Å². The second-order valence-electron chi connectivity index (χ2n) is 8.39. The number of aryl methyl sites for hydroxylation is 1. The minimum Gasteiger partial charge on any atom is -0.318 e. The van der Waals surface area contributed by atoms with Gasteiger partial charge >= 0.3 is 11.8 Å². The predicted octanol–water partition coefficient (Wildman–Crippen LogP) is 2.91. The van der Waals surface area contributed by atoms with E-state index in [1.54, 1.807) is 12.3 Å². The van der Waals surface area contributed by atoms with E-state index < -0.39 is 11.8 Å². The number of anilines is 2. The third-order valence-corrected chi connectivity index (χ3v) is 5.80. The fourth-order valence-corrected chi connectivity index (χ4v) is 3.97. The maximum Gasteiger partial charge on any atom is 0.314 e. The molecule has 2 N–H and O–H groups in total. The van der Waals surface area contributed by atoms with Gasteiger partial charge in [-0.2, -0.15) is 0 Å². The highest BCUT2D eigenvalue weighted by atomic mass is 16.2. The number of nitrogens with one attached hydrogen (secondary N) is 2. The van der Waals surface area contributed by atoms with Gasteiger partial charge in [-0.15, -0.1) is 0 Å². The van der Waals surface area contributed by atoms with E-state index >= 15 is 0 Å². The van der Waals surface area contributed by atoms with E-state index in [1.807, 2.05) is 43.3 Å². The summed E-state index contributed by atoms with van der Waals surface area (Å²) < 4.78 is 0. The Morgan fingerprint density at radius 3 is 2.56 bits per heavy atom. The molecule has 32 heavy (non-hydrogen) atoms. The SMILES string of the molecule is Cc1cc(NC(=O)C(=O)Nc2cccc(CCN3CCN(C)CC3)c2)c2ncccc2c1. The summed E-state index contributed by atoms with van der Waals surface area (Å²) in [5.74, 6) is -1.42. The van der Waals surface area contributed by atoms with Crippen molar-refractivity contribution in [2.75, 3.05) is 50.4 Å². The molecule has 7 nitrogen and oxygen atoms in total. The highest BCUT2D eigenvalue weighted by Crippen LogP contribution is 2.23. The highest BCUT2D eigenvalue weighted by Gasteiger charge is 2.17. The molecule has 0 unspecified atom stereocenters. The van der Waals surface area contributed by atoms with Crippen LogP contribution in [0, 0.1) is 6.92 Å². The molecule has 2 amide bonds. The molecule has 4 rings (SSSR count). The number of aromatic nitrogens is 1. The molecule has 1 fully saturated rings.